The molecule has 1 N–H and O–H groups in total. The third-order valence-electron chi connectivity index (χ3n) is 5.47. The number of aldehydes is 1. The van der Waals surface area contributed by atoms with Gasteiger partial charge in [-0.25, -0.2) is 4.79 Å². The second kappa shape index (κ2) is 7.53. The van der Waals surface area contributed by atoms with Crippen molar-refractivity contribution in [1.82, 2.24) is 14.8 Å². The molecular formula is C22H28N4O3. The van der Waals surface area contributed by atoms with E-state index in [0.717, 1.165) is 42.1 Å². The summed E-state index contributed by atoms with van der Waals surface area (Å²) in [4.78, 5) is 25.5. The normalized spacial score (nSPS) is 20.9. The summed E-state index contributed by atoms with van der Waals surface area (Å²) in [7, 11) is 1.97. The van der Waals surface area contributed by atoms with E-state index in [1.54, 1.807) is 6.07 Å². The number of nitriles is 1. The fraction of sp³-hybridized carbons (Fsp3) is 0.500. The van der Waals surface area contributed by atoms with Gasteiger partial charge in [0.1, 0.15) is 29.3 Å². The van der Waals surface area contributed by atoms with Crippen LogP contribution in [-0.4, -0.2) is 46.7 Å². The Labute approximate surface area is 171 Å². The summed E-state index contributed by atoms with van der Waals surface area (Å²) < 4.78 is 7.38. The minimum absolute atomic E-state index is 0.390. The van der Waals surface area contributed by atoms with Crippen molar-refractivity contribution in [3.05, 3.63) is 35.0 Å². The molecule has 1 aliphatic heterocycles. The van der Waals surface area contributed by atoms with E-state index >= 15 is 0 Å². The predicted molar refractivity (Wildman–Crippen MR) is 111 cm³/mol. The molecule has 1 aromatic heterocycles. The Morgan fingerprint density at radius 2 is 2.10 bits per heavy atom. The first-order chi connectivity index (χ1) is 13.6. The molecule has 2 heterocycles. The van der Waals surface area contributed by atoms with Crippen LogP contribution in [0.3, 0.4) is 0 Å². The third-order valence-corrected chi connectivity index (χ3v) is 5.47. The van der Waals surface area contributed by atoms with Crippen LogP contribution in [0.4, 0.5) is 4.79 Å². The van der Waals surface area contributed by atoms with Crippen molar-refractivity contribution < 1.29 is 14.3 Å². The van der Waals surface area contributed by atoms with Crippen LogP contribution in [0.15, 0.2) is 18.2 Å². The van der Waals surface area contributed by atoms with Crippen LogP contribution >= 0.6 is 0 Å². The molecule has 29 heavy (non-hydrogen) atoms. The van der Waals surface area contributed by atoms with Gasteiger partial charge in [0.2, 0.25) is 0 Å². The Hall–Kier alpha value is -2.85. The van der Waals surface area contributed by atoms with E-state index in [1.807, 2.05) is 51.4 Å². The molecule has 0 saturated carbocycles. The number of likely N-dealkylation sites (N-methyl/N-ethyl adjacent to an activating group) is 1. The zero-order valence-corrected chi connectivity index (χ0v) is 17.7. The van der Waals surface area contributed by atoms with E-state index in [4.69, 9.17) is 4.74 Å². The number of nitrogens with zero attached hydrogens (tertiary/aromatic N) is 3. The van der Waals surface area contributed by atoms with Crippen molar-refractivity contribution in [3.8, 4) is 6.07 Å². The smallest absolute Gasteiger partial charge is 0.409 e. The highest BCUT2D eigenvalue weighted by molar-refractivity contribution is 5.92. The number of alkyl carbamates (subject to hydrolysis) is 1. The highest BCUT2D eigenvalue weighted by Gasteiger charge is 2.50. The fourth-order valence-electron chi connectivity index (χ4n) is 3.80. The second-order valence-corrected chi connectivity index (χ2v) is 8.74. The lowest BCUT2D eigenvalue weighted by Crippen LogP contribution is -2.43. The molecule has 1 aliphatic rings. The van der Waals surface area contributed by atoms with Gasteiger partial charge in [-0.3, -0.25) is 9.69 Å². The van der Waals surface area contributed by atoms with Crippen LogP contribution < -0.4 is 5.32 Å². The maximum absolute atomic E-state index is 12.2. The van der Waals surface area contributed by atoms with Gasteiger partial charge in [-0.05, 0) is 71.3 Å². The standard InChI is InChI=1S/C22H28N4O3/c1-15-16(13-27)7-8-19-18(15)11-17(12-23)26(19)10-6-9-22(14-25(22)5)24-20(28)29-21(2,3)4/h7-8,11,13H,6,9-10,14H2,1-5H3,(H,24,28). The number of hydrogen-bond acceptors (Lipinski definition) is 5. The first-order valence-corrected chi connectivity index (χ1v) is 9.81. The maximum atomic E-state index is 12.2. The van der Waals surface area contributed by atoms with E-state index in [9.17, 15) is 14.9 Å². The van der Waals surface area contributed by atoms with E-state index in [2.05, 4.69) is 16.3 Å². The number of ether oxygens (including phenoxy) is 1. The Morgan fingerprint density at radius 3 is 2.66 bits per heavy atom. The van der Waals surface area contributed by atoms with Gasteiger partial charge in [-0.1, -0.05) is 0 Å². The number of hydrogen-bond donors (Lipinski definition) is 1. The summed E-state index contributed by atoms with van der Waals surface area (Å²) in [6, 6.07) is 7.78. The number of benzene rings is 1. The maximum Gasteiger partial charge on any atom is 0.409 e. The topological polar surface area (TPSA) is 87.1 Å². The molecule has 0 spiro atoms. The number of aryl methyl sites for hydroxylation is 2. The highest BCUT2D eigenvalue weighted by Crippen LogP contribution is 2.33. The van der Waals surface area contributed by atoms with Gasteiger partial charge in [0.15, 0.2) is 0 Å². The number of nitrogens with one attached hydrogen (secondary N) is 1. The summed E-state index contributed by atoms with van der Waals surface area (Å²) in [6.07, 6.45) is 1.96. The van der Waals surface area contributed by atoms with Gasteiger partial charge in [-0.15, -0.1) is 0 Å². The Kier molecular flexibility index (Phi) is 5.42. The van der Waals surface area contributed by atoms with Crippen molar-refractivity contribution in [1.29, 1.82) is 5.26 Å². The number of amides is 1. The molecule has 0 bridgehead atoms. The Morgan fingerprint density at radius 1 is 1.41 bits per heavy atom. The zero-order chi connectivity index (χ0) is 21.4. The van der Waals surface area contributed by atoms with E-state index in [0.29, 0.717) is 17.8 Å². The molecule has 3 rings (SSSR count). The highest BCUT2D eigenvalue weighted by atomic mass is 16.6. The summed E-state index contributed by atoms with van der Waals surface area (Å²) in [5.41, 5.74) is 2.12. The van der Waals surface area contributed by atoms with E-state index < -0.39 is 17.4 Å². The summed E-state index contributed by atoms with van der Waals surface area (Å²) in [6.45, 7) is 8.84. The molecule has 1 saturated heterocycles. The average molecular weight is 396 g/mol. The van der Waals surface area contributed by atoms with Crippen molar-refractivity contribution >= 4 is 23.3 Å². The number of carbonyl (C=O) groups excluding carboxylic acids is 2. The van der Waals surface area contributed by atoms with Crippen molar-refractivity contribution in [2.24, 2.45) is 0 Å². The lowest BCUT2D eigenvalue weighted by molar-refractivity contribution is 0.0474. The summed E-state index contributed by atoms with van der Waals surface area (Å²) in [5, 5.41) is 13.5. The molecule has 2 aromatic rings. The van der Waals surface area contributed by atoms with E-state index in [-0.39, 0.29) is 0 Å². The first kappa shape index (κ1) is 20.9. The number of fused-ring (bicyclic) bond motifs is 1. The van der Waals surface area contributed by atoms with Crippen LogP contribution in [0.25, 0.3) is 10.9 Å². The molecule has 0 radical (unpaired) electrons. The molecule has 154 valence electrons. The third kappa shape index (κ3) is 4.28. The number of carbonyl (C=O) groups is 2. The average Bonchev–Trinajstić information content (AvgIpc) is 3.09. The predicted octanol–water partition coefficient (Wildman–Crippen LogP) is 3.58. The molecule has 7 nitrogen and oxygen atoms in total. The number of aromatic nitrogens is 1. The molecule has 2 atom stereocenters. The lowest BCUT2D eigenvalue weighted by Gasteiger charge is -2.24. The monoisotopic (exact) mass is 396 g/mol. The molecule has 1 fully saturated rings. The van der Waals surface area contributed by atoms with Crippen molar-refractivity contribution in [3.63, 3.8) is 0 Å². The molecule has 1 aromatic carbocycles. The van der Waals surface area contributed by atoms with Gasteiger partial charge in [0.05, 0.1) is 0 Å². The summed E-state index contributed by atoms with van der Waals surface area (Å²) in [5.74, 6) is 0. The zero-order valence-electron chi connectivity index (χ0n) is 17.7. The molecule has 0 aliphatic carbocycles. The van der Waals surface area contributed by atoms with Crippen LogP contribution in [0.1, 0.15) is 55.2 Å². The number of rotatable bonds is 6. The van der Waals surface area contributed by atoms with Crippen molar-refractivity contribution in [2.75, 3.05) is 13.6 Å². The molecule has 2 unspecified atom stereocenters. The van der Waals surface area contributed by atoms with Crippen LogP contribution in [0.2, 0.25) is 0 Å². The quantitative estimate of drug-likeness (QED) is 0.596. The SMILES string of the molecule is Cc1c(C=O)ccc2c1cc(C#N)n2CCCC1(NC(=O)OC(C)(C)C)CN1C. The minimum Gasteiger partial charge on any atom is -0.444 e. The van der Waals surface area contributed by atoms with Gasteiger partial charge < -0.3 is 14.6 Å². The van der Waals surface area contributed by atoms with Crippen molar-refractivity contribution in [2.45, 2.75) is 58.3 Å². The second-order valence-electron chi connectivity index (χ2n) is 8.74. The minimum atomic E-state index is -0.539. The Balaban J connectivity index is 1.72. The van der Waals surface area contributed by atoms with Crippen LogP contribution in [-0.2, 0) is 11.3 Å². The Bertz CT molecular complexity index is 996. The molecule has 7 heteroatoms. The first-order valence-electron chi connectivity index (χ1n) is 9.81. The van der Waals surface area contributed by atoms with Crippen LogP contribution in [0.5, 0.6) is 0 Å². The fourth-order valence-corrected chi connectivity index (χ4v) is 3.80. The largest absolute Gasteiger partial charge is 0.444 e. The van der Waals surface area contributed by atoms with E-state index in [1.165, 1.54) is 0 Å². The van der Waals surface area contributed by atoms with Gasteiger partial charge in [-0.2, -0.15) is 5.26 Å². The molecular weight excluding hydrogens is 368 g/mol. The summed E-state index contributed by atoms with van der Waals surface area (Å²) >= 11 is 0. The van der Waals surface area contributed by atoms with Gasteiger partial charge >= 0.3 is 6.09 Å². The molecule has 1 amide bonds. The van der Waals surface area contributed by atoms with Crippen LogP contribution in [0, 0.1) is 18.3 Å². The van der Waals surface area contributed by atoms with Gasteiger partial charge in [0.25, 0.3) is 0 Å². The lowest BCUT2D eigenvalue weighted by atomic mass is 10.1. The van der Waals surface area contributed by atoms with Gasteiger partial charge in [0, 0.05) is 29.6 Å².